The number of fused-ring (bicyclic) bond motifs is 1. The summed E-state index contributed by atoms with van der Waals surface area (Å²) in [4.78, 5) is 24.9. The summed E-state index contributed by atoms with van der Waals surface area (Å²) in [5, 5.41) is 0.743. The van der Waals surface area contributed by atoms with E-state index >= 15 is 0 Å². The third-order valence-electron chi connectivity index (χ3n) is 5.61. The van der Waals surface area contributed by atoms with Crippen LogP contribution in [0, 0.1) is 33.5 Å². The Kier molecular flexibility index (Phi) is 5.23. The van der Waals surface area contributed by atoms with Crippen molar-refractivity contribution in [2.24, 2.45) is 0 Å². The van der Waals surface area contributed by atoms with Crippen LogP contribution in [-0.4, -0.2) is 10.5 Å². The molecule has 6 heteroatoms. The second kappa shape index (κ2) is 7.87. The first-order chi connectivity index (χ1) is 14.8. The van der Waals surface area contributed by atoms with E-state index in [1.54, 1.807) is 18.2 Å². The molecule has 0 aliphatic carbocycles. The summed E-state index contributed by atoms with van der Waals surface area (Å²) < 4.78 is 26.1. The van der Waals surface area contributed by atoms with Crippen molar-refractivity contribution in [3.8, 4) is 5.69 Å². The number of rotatable bonds is 4. The molecular weight excluding hydrogens is 397 g/mol. The zero-order valence-corrected chi connectivity index (χ0v) is 17.8. The van der Waals surface area contributed by atoms with Crippen LogP contribution in [0.15, 0.2) is 57.7 Å². The standard InChI is InChI=1S/C25H22FNO4/c1-14-5-10-21-18(12-23(28)31-24(21)16(14)3)13-30-25(29)22-11-15(2)27(17(22)4)20-8-6-19(26)7-9-20/h5-12H,13H2,1-4H3. The van der Waals surface area contributed by atoms with Gasteiger partial charge in [0.05, 0.1) is 5.56 Å². The molecule has 2 aromatic heterocycles. The summed E-state index contributed by atoms with van der Waals surface area (Å²) in [6.07, 6.45) is 0. The molecule has 31 heavy (non-hydrogen) atoms. The van der Waals surface area contributed by atoms with E-state index in [0.29, 0.717) is 22.4 Å². The summed E-state index contributed by atoms with van der Waals surface area (Å²) in [6, 6.07) is 13.0. The van der Waals surface area contributed by atoms with E-state index in [1.807, 2.05) is 44.4 Å². The molecule has 0 saturated heterocycles. The molecule has 0 saturated carbocycles. The number of benzene rings is 2. The highest BCUT2D eigenvalue weighted by Gasteiger charge is 2.19. The normalized spacial score (nSPS) is 11.1. The number of nitrogens with zero attached hydrogens (tertiary/aromatic N) is 1. The number of aryl methyl sites for hydroxylation is 3. The molecule has 4 aromatic rings. The largest absolute Gasteiger partial charge is 0.457 e. The lowest BCUT2D eigenvalue weighted by atomic mass is 10.0. The zero-order valence-electron chi connectivity index (χ0n) is 17.8. The maximum Gasteiger partial charge on any atom is 0.340 e. The number of aromatic nitrogens is 1. The van der Waals surface area contributed by atoms with Crippen LogP contribution in [0.25, 0.3) is 16.7 Å². The Morgan fingerprint density at radius 3 is 2.45 bits per heavy atom. The van der Waals surface area contributed by atoms with Gasteiger partial charge in [-0.25, -0.2) is 14.0 Å². The molecule has 0 unspecified atom stereocenters. The van der Waals surface area contributed by atoms with Gasteiger partial charge in [0.15, 0.2) is 0 Å². The summed E-state index contributed by atoms with van der Waals surface area (Å²) in [6.45, 7) is 7.46. The summed E-state index contributed by atoms with van der Waals surface area (Å²) >= 11 is 0. The Balaban J connectivity index is 1.63. The fourth-order valence-electron chi connectivity index (χ4n) is 3.82. The fourth-order valence-corrected chi connectivity index (χ4v) is 3.82. The van der Waals surface area contributed by atoms with Crippen molar-refractivity contribution in [3.63, 3.8) is 0 Å². The molecule has 5 nitrogen and oxygen atoms in total. The van der Waals surface area contributed by atoms with Crippen LogP contribution in [-0.2, 0) is 11.3 Å². The van der Waals surface area contributed by atoms with Gasteiger partial charge in [0.2, 0.25) is 0 Å². The van der Waals surface area contributed by atoms with Gasteiger partial charge in [-0.3, -0.25) is 0 Å². The Morgan fingerprint density at radius 2 is 1.74 bits per heavy atom. The van der Waals surface area contributed by atoms with Gasteiger partial charge in [0.25, 0.3) is 0 Å². The molecule has 0 spiro atoms. The van der Waals surface area contributed by atoms with Gasteiger partial charge in [-0.15, -0.1) is 0 Å². The SMILES string of the molecule is Cc1ccc2c(COC(=O)c3cc(C)n(-c4ccc(F)cc4)c3C)cc(=O)oc2c1C. The van der Waals surface area contributed by atoms with E-state index in [2.05, 4.69) is 0 Å². The number of carbonyl (C=O) groups excluding carboxylic acids is 1. The molecule has 0 atom stereocenters. The third kappa shape index (κ3) is 3.77. The van der Waals surface area contributed by atoms with E-state index in [1.165, 1.54) is 18.2 Å². The van der Waals surface area contributed by atoms with E-state index in [-0.39, 0.29) is 12.4 Å². The van der Waals surface area contributed by atoms with Gasteiger partial charge >= 0.3 is 11.6 Å². The lowest BCUT2D eigenvalue weighted by Crippen LogP contribution is -2.09. The molecule has 0 aliphatic rings. The zero-order chi connectivity index (χ0) is 22.3. The molecule has 4 rings (SSSR count). The monoisotopic (exact) mass is 419 g/mol. The topological polar surface area (TPSA) is 61.4 Å². The van der Waals surface area contributed by atoms with Crippen molar-refractivity contribution in [3.05, 3.63) is 98.4 Å². The van der Waals surface area contributed by atoms with Gasteiger partial charge in [-0.2, -0.15) is 0 Å². The number of hydrogen-bond donors (Lipinski definition) is 0. The Hall–Kier alpha value is -3.67. The van der Waals surface area contributed by atoms with E-state index < -0.39 is 11.6 Å². The number of ether oxygens (including phenoxy) is 1. The number of halogens is 1. The lowest BCUT2D eigenvalue weighted by Gasteiger charge is -2.11. The third-order valence-corrected chi connectivity index (χ3v) is 5.61. The van der Waals surface area contributed by atoms with Crippen LogP contribution in [0.1, 0.15) is 38.4 Å². The van der Waals surface area contributed by atoms with Gasteiger partial charge in [0.1, 0.15) is 18.0 Å². The van der Waals surface area contributed by atoms with Gasteiger partial charge in [0, 0.05) is 34.1 Å². The Labute approximate surface area is 178 Å². The maximum absolute atomic E-state index is 13.3. The summed E-state index contributed by atoms with van der Waals surface area (Å²) in [5.74, 6) is -0.817. The minimum atomic E-state index is -0.494. The first kappa shape index (κ1) is 20.6. The quantitative estimate of drug-likeness (QED) is 0.332. The van der Waals surface area contributed by atoms with Crippen LogP contribution in [0.2, 0.25) is 0 Å². The van der Waals surface area contributed by atoms with Crippen LogP contribution >= 0.6 is 0 Å². The highest BCUT2D eigenvalue weighted by atomic mass is 19.1. The lowest BCUT2D eigenvalue weighted by molar-refractivity contribution is 0.0473. The smallest absolute Gasteiger partial charge is 0.340 e. The molecule has 0 aliphatic heterocycles. The average Bonchev–Trinajstić information content (AvgIpc) is 3.04. The Bertz CT molecular complexity index is 1360. The van der Waals surface area contributed by atoms with Crippen molar-refractivity contribution in [2.45, 2.75) is 34.3 Å². The van der Waals surface area contributed by atoms with E-state index in [4.69, 9.17) is 9.15 Å². The molecule has 0 N–H and O–H groups in total. The van der Waals surface area contributed by atoms with Crippen molar-refractivity contribution in [1.29, 1.82) is 0 Å². The molecule has 158 valence electrons. The molecule has 0 radical (unpaired) electrons. The van der Waals surface area contributed by atoms with Crippen LogP contribution < -0.4 is 5.63 Å². The van der Waals surface area contributed by atoms with Crippen LogP contribution in [0.5, 0.6) is 0 Å². The number of esters is 1. The summed E-state index contributed by atoms with van der Waals surface area (Å²) in [7, 11) is 0. The Morgan fingerprint density at radius 1 is 1.03 bits per heavy atom. The van der Waals surface area contributed by atoms with Gasteiger partial charge in [-0.1, -0.05) is 12.1 Å². The van der Waals surface area contributed by atoms with E-state index in [0.717, 1.165) is 27.9 Å². The molecular formula is C25H22FNO4. The predicted octanol–water partition coefficient (Wildman–Crippen LogP) is 5.31. The second-order valence-corrected chi connectivity index (χ2v) is 7.65. The first-order valence-electron chi connectivity index (χ1n) is 9.91. The van der Waals surface area contributed by atoms with E-state index in [9.17, 15) is 14.0 Å². The minimum Gasteiger partial charge on any atom is -0.457 e. The molecule has 2 aromatic carbocycles. The molecule has 0 bridgehead atoms. The van der Waals surface area contributed by atoms with Crippen molar-refractivity contribution in [2.75, 3.05) is 0 Å². The average molecular weight is 419 g/mol. The maximum atomic E-state index is 13.3. The highest BCUT2D eigenvalue weighted by Crippen LogP contribution is 2.25. The van der Waals surface area contributed by atoms with Crippen molar-refractivity contribution >= 4 is 16.9 Å². The van der Waals surface area contributed by atoms with Crippen LogP contribution in [0.4, 0.5) is 4.39 Å². The van der Waals surface area contributed by atoms with Crippen molar-refractivity contribution in [1.82, 2.24) is 4.57 Å². The fraction of sp³-hybridized carbons (Fsp3) is 0.200. The molecule has 0 amide bonds. The predicted molar refractivity (Wildman–Crippen MR) is 116 cm³/mol. The number of hydrogen-bond acceptors (Lipinski definition) is 4. The van der Waals surface area contributed by atoms with Crippen molar-refractivity contribution < 1.29 is 18.3 Å². The van der Waals surface area contributed by atoms with Gasteiger partial charge < -0.3 is 13.7 Å². The van der Waals surface area contributed by atoms with Gasteiger partial charge in [-0.05, 0) is 69.2 Å². The summed E-state index contributed by atoms with van der Waals surface area (Å²) in [5.41, 5.74) is 5.20. The molecule has 0 fully saturated rings. The first-order valence-corrected chi connectivity index (χ1v) is 9.91. The second-order valence-electron chi connectivity index (χ2n) is 7.65. The highest BCUT2D eigenvalue weighted by molar-refractivity contribution is 5.91. The molecule has 2 heterocycles. The number of carbonyl (C=O) groups is 1. The minimum absolute atomic E-state index is 0.0519. The van der Waals surface area contributed by atoms with Crippen LogP contribution in [0.3, 0.4) is 0 Å².